The zero-order chi connectivity index (χ0) is 23.4. The van der Waals surface area contributed by atoms with Crippen molar-refractivity contribution in [3.8, 4) is 0 Å². The molecule has 0 saturated carbocycles. The first-order valence-corrected chi connectivity index (χ1v) is 12.8. The van der Waals surface area contributed by atoms with Crippen LogP contribution in [0.4, 0.5) is 4.39 Å². The summed E-state index contributed by atoms with van der Waals surface area (Å²) >= 11 is 2.05. The van der Waals surface area contributed by atoms with E-state index in [4.69, 9.17) is 4.74 Å². The van der Waals surface area contributed by atoms with E-state index in [9.17, 15) is 9.18 Å². The third-order valence-corrected chi connectivity index (χ3v) is 8.14. The van der Waals surface area contributed by atoms with E-state index in [0.717, 1.165) is 9.13 Å². The van der Waals surface area contributed by atoms with Crippen LogP contribution in [0.1, 0.15) is 29.8 Å². The fraction of sp³-hybridized carbons (Fsp3) is 0.107. The lowest BCUT2D eigenvalue weighted by molar-refractivity contribution is -0.00362. The second kappa shape index (κ2) is 10.1. The van der Waals surface area contributed by atoms with Crippen molar-refractivity contribution < 1.29 is 13.9 Å². The van der Waals surface area contributed by atoms with E-state index in [2.05, 4.69) is 60.7 Å². The summed E-state index contributed by atoms with van der Waals surface area (Å²) in [6.45, 7) is 3.64. The highest BCUT2D eigenvalue weighted by atomic mass is 127. The van der Waals surface area contributed by atoms with Crippen LogP contribution >= 0.6 is 22.6 Å². The van der Waals surface area contributed by atoms with E-state index in [1.54, 1.807) is 6.07 Å². The van der Waals surface area contributed by atoms with Gasteiger partial charge < -0.3 is 4.74 Å². The van der Waals surface area contributed by atoms with Crippen LogP contribution in [0, 0.1) is 9.39 Å². The Balaban J connectivity index is 1.62. The highest BCUT2D eigenvalue weighted by Crippen LogP contribution is 2.33. The largest absolute Gasteiger partial charge is 0.451 e. The second-order valence-electron chi connectivity index (χ2n) is 7.98. The maximum Gasteiger partial charge on any atom is 0.342 e. The first kappa shape index (κ1) is 23.5. The van der Waals surface area contributed by atoms with Crippen molar-refractivity contribution >= 4 is 39.5 Å². The number of ether oxygens (including phenoxy) is 1. The lowest BCUT2D eigenvalue weighted by atomic mass is 9.98. The molecule has 0 radical (unpaired) electrons. The molecule has 33 heavy (non-hydrogen) atoms. The predicted molar refractivity (Wildman–Crippen MR) is 139 cm³/mol. The number of carbonyl (C=O) groups excluding carboxylic acids is 1. The van der Waals surface area contributed by atoms with Crippen molar-refractivity contribution in [3.05, 3.63) is 124 Å². The third-order valence-electron chi connectivity index (χ3n) is 5.24. The number of halogens is 2. The Morgan fingerprint density at radius 2 is 1.30 bits per heavy atom. The van der Waals surface area contributed by atoms with Gasteiger partial charge in [0.25, 0.3) is 0 Å². The van der Waals surface area contributed by atoms with E-state index in [-0.39, 0.29) is 16.5 Å². The Labute approximate surface area is 210 Å². The Morgan fingerprint density at radius 1 is 0.788 bits per heavy atom. The number of hydrogen-bond donors (Lipinski definition) is 0. The molecular weight excluding hydrogens is 546 g/mol. The lowest BCUT2D eigenvalue weighted by Crippen LogP contribution is -2.26. The van der Waals surface area contributed by atoms with Crippen molar-refractivity contribution in [1.82, 2.24) is 0 Å². The van der Waals surface area contributed by atoms with E-state index < -0.39 is 17.4 Å². The highest BCUT2D eigenvalue weighted by molar-refractivity contribution is 14.1. The minimum absolute atomic E-state index is 0.0544. The third kappa shape index (κ3) is 5.47. The van der Waals surface area contributed by atoms with Gasteiger partial charge >= 0.3 is 5.97 Å². The van der Waals surface area contributed by atoms with Gasteiger partial charge in [0.2, 0.25) is 0 Å². The molecule has 0 heterocycles. The van der Waals surface area contributed by atoms with Crippen molar-refractivity contribution in [2.45, 2.75) is 34.1 Å². The number of hydrogen-bond acceptors (Lipinski definition) is 2. The zero-order valence-electron chi connectivity index (χ0n) is 18.3. The van der Waals surface area contributed by atoms with Gasteiger partial charge in [0.1, 0.15) is 11.4 Å². The van der Waals surface area contributed by atoms with Crippen molar-refractivity contribution in [2.24, 2.45) is 0 Å². The molecule has 4 aromatic carbocycles. The average molecular weight is 569 g/mol. The summed E-state index contributed by atoms with van der Waals surface area (Å²) in [7, 11) is -0.254. The first-order chi connectivity index (χ1) is 15.8. The van der Waals surface area contributed by atoms with Gasteiger partial charge in [-0.3, -0.25) is 0 Å². The lowest BCUT2D eigenvalue weighted by Gasteiger charge is -2.26. The summed E-state index contributed by atoms with van der Waals surface area (Å²) in [5.41, 5.74) is -0.127. The minimum atomic E-state index is -0.915. The quantitative estimate of drug-likeness (QED) is 0.136. The molecule has 0 aromatic heterocycles. The number of carbonyl (C=O) groups is 1. The maximum absolute atomic E-state index is 14.2. The van der Waals surface area contributed by atoms with Crippen LogP contribution in [0.2, 0.25) is 0 Å². The first-order valence-electron chi connectivity index (χ1n) is 10.5. The molecule has 166 valence electrons. The number of benzene rings is 4. The fourth-order valence-electron chi connectivity index (χ4n) is 3.51. The summed E-state index contributed by atoms with van der Waals surface area (Å²) < 4.78 is 20.7. The van der Waals surface area contributed by atoms with Crippen LogP contribution in [0.5, 0.6) is 0 Å². The van der Waals surface area contributed by atoms with Crippen LogP contribution in [0.15, 0.2) is 118 Å². The van der Waals surface area contributed by atoms with Crippen LogP contribution in [0.3, 0.4) is 0 Å². The van der Waals surface area contributed by atoms with Crippen molar-refractivity contribution in [3.63, 3.8) is 0 Å². The maximum atomic E-state index is 14.2. The van der Waals surface area contributed by atoms with E-state index >= 15 is 0 Å². The molecular formula is C28H23FIO2S+. The van der Waals surface area contributed by atoms with Gasteiger partial charge in [-0.25, -0.2) is 9.18 Å². The molecule has 0 bridgehead atoms. The minimum Gasteiger partial charge on any atom is -0.451 e. The zero-order valence-corrected chi connectivity index (χ0v) is 21.3. The standard InChI is InChI=1S/C28H23FIO2S/c1-28(2,32-27(31)25-19-21(30)15-18-26(25)29)20-13-16-24(17-14-20)33(22-9-5-3-6-10-22)23-11-7-4-8-12-23/h3-19H,1-2H3/q+1. The highest BCUT2D eigenvalue weighted by Gasteiger charge is 2.31. The molecule has 0 aliphatic carbocycles. The monoisotopic (exact) mass is 569 g/mol. The normalized spacial score (nSPS) is 11.4. The van der Waals surface area contributed by atoms with Crippen LogP contribution in [-0.2, 0) is 21.2 Å². The van der Waals surface area contributed by atoms with E-state index in [1.165, 1.54) is 26.8 Å². The molecule has 4 aromatic rings. The molecule has 0 aliphatic heterocycles. The predicted octanol–water partition coefficient (Wildman–Crippen LogP) is 7.62. The Bertz CT molecular complexity index is 1200. The summed E-state index contributed by atoms with van der Waals surface area (Å²) in [5, 5.41) is 0. The molecule has 4 rings (SSSR count). The fourth-order valence-corrected chi connectivity index (χ4v) is 6.09. The van der Waals surface area contributed by atoms with Crippen LogP contribution in [-0.4, -0.2) is 5.97 Å². The molecule has 0 unspecified atom stereocenters. The summed E-state index contributed by atoms with van der Waals surface area (Å²) in [4.78, 5) is 16.3. The Morgan fingerprint density at radius 3 is 1.85 bits per heavy atom. The van der Waals surface area contributed by atoms with Crippen molar-refractivity contribution in [2.75, 3.05) is 0 Å². The van der Waals surface area contributed by atoms with E-state index in [0.29, 0.717) is 0 Å². The summed E-state index contributed by atoms with van der Waals surface area (Å²) in [5.74, 6) is -1.25. The number of rotatable bonds is 6. The topological polar surface area (TPSA) is 26.3 Å². The Hall–Kier alpha value is -2.64. The van der Waals surface area contributed by atoms with Gasteiger partial charge in [-0.05, 0) is 96.6 Å². The van der Waals surface area contributed by atoms with Crippen molar-refractivity contribution in [1.29, 1.82) is 0 Å². The van der Waals surface area contributed by atoms with Crippen LogP contribution in [0.25, 0.3) is 0 Å². The molecule has 0 amide bonds. The van der Waals surface area contributed by atoms with Gasteiger partial charge in [-0.2, -0.15) is 0 Å². The molecule has 2 nitrogen and oxygen atoms in total. The van der Waals surface area contributed by atoms with Gasteiger partial charge in [-0.15, -0.1) is 0 Å². The van der Waals surface area contributed by atoms with Crippen LogP contribution < -0.4 is 0 Å². The van der Waals surface area contributed by atoms with Gasteiger partial charge in [0.15, 0.2) is 14.7 Å². The van der Waals surface area contributed by atoms with Gasteiger partial charge in [-0.1, -0.05) is 48.5 Å². The Kier molecular flexibility index (Phi) is 7.20. The molecule has 0 fully saturated rings. The molecule has 0 saturated heterocycles. The molecule has 0 spiro atoms. The summed E-state index contributed by atoms with van der Waals surface area (Å²) in [6.07, 6.45) is 0. The molecule has 5 heteroatoms. The SMILES string of the molecule is CC(C)(OC(=O)c1cc(I)ccc1F)c1ccc([S+](c2ccccc2)c2ccccc2)cc1. The molecule has 0 aliphatic rings. The van der Waals surface area contributed by atoms with E-state index in [1.807, 2.05) is 60.7 Å². The molecule has 0 N–H and O–H groups in total. The molecule has 0 atom stereocenters. The number of esters is 1. The second-order valence-corrected chi connectivity index (χ2v) is 11.3. The smallest absolute Gasteiger partial charge is 0.342 e. The van der Waals surface area contributed by atoms with Gasteiger partial charge in [0, 0.05) is 3.57 Å². The summed E-state index contributed by atoms with van der Waals surface area (Å²) in [6, 6.07) is 33.4. The van der Waals surface area contributed by atoms with Gasteiger partial charge in [0.05, 0.1) is 16.5 Å². The average Bonchev–Trinajstić information content (AvgIpc) is 2.82.